The fourth-order valence-electron chi connectivity index (χ4n) is 2.67. The van der Waals surface area contributed by atoms with E-state index in [1.54, 1.807) is 0 Å². The Labute approximate surface area is 162 Å². The van der Waals surface area contributed by atoms with Crippen molar-refractivity contribution in [2.45, 2.75) is 24.8 Å². The van der Waals surface area contributed by atoms with Crippen LogP contribution in [0.25, 0.3) is 0 Å². The number of nitrogens with zero attached hydrogens (tertiary/aromatic N) is 1. The molecule has 0 saturated carbocycles. The largest absolute Gasteiger partial charge is 0.416 e. The van der Waals surface area contributed by atoms with Crippen molar-refractivity contribution in [1.29, 1.82) is 0 Å². The number of hydrogen-bond donors (Lipinski definition) is 1. The first-order valence-corrected chi connectivity index (χ1v) is 7.44. The fourth-order valence-corrected chi connectivity index (χ4v) is 2.89. The summed E-state index contributed by atoms with van der Waals surface area (Å²) in [4.78, 5) is 1.32. The van der Waals surface area contributed by atoms with E-state index in [0.717, 1.165) is 0 Å². The molecular formula is C14H16Cl3F7N2. The molecule has 26 heavy (non-hydrogen) atoms. The Morgan fingerprint density at radius 3 is 2.04 bits per heavy atom. The molecule has 1 aromatic rings. The molecule has 0 spiro atoms. The third kappa shape index (κ3) is 6.60. The van der Waals surface area contributed by atoms with E-state index in [1.165, 1.54) is 4.90 Å². The van der Waals surface area contributed by atoms with Crippen molar-refractivity contribution >= 4 is 36.4 Å². The maximum absolute atomic E-state index is 14.2. The maximum atomic E-state index is 14.2. The lowest BCUT2D eigenvalue weighted by Crippen LogP contribution is -2.46. The van der Waals surface area contributed by atoms with E-state index in [1.807, 2.05) is 0 Å². The van der Waals surface area contributed by atoms with Crippen molar-refractivity contribution in [2.75, 3.05) is 26.2 Å². The quantitative estimate of drug-likeness (QED) is 0.632. The first-order valence-electron chi connectivity index (χ1n) is 7.06. The standard InChI is InChI=1S/C14H14ClF7N2.2ClH/c15-10-6-8(14(20,21)22)5-9(12(10)16)11(7-13(17,18)19)24-3-1-23-2-4-24;;/h5-6,11,23H,1-4,7H2;2*1H/t11-;;/m1../s1. The Balaban J connectivity index is 0.00000312. The van der Waals surface area contributed by atoms with Crippen molar-refractivity contribution in [3.8, 4) is 0 Å². The van der Waals surface area contributed by atoms with Crippen LogP contribution in [0.2, 0.25) is 5.02 Å². The number of rotatable bonds is 3. The van der Waals surface area contributed by atoms with Gasteiger partial charge in [0, 0.05) is 37.8 Å². The number of benzene rings is 1. The lowest BCUT2D eigenvalue weighted by Gasteiger charge is -2.36. The van der Waals surface area contributed by atoms with Crippen LogP contribution in [0.5, 0.6) is 0 Å². The van der Waals surface area contributed by atoms with Crippen LogP contribution in [0.1, 0.15) is 23.6 Å². The van der Waals surface area contributed by atoms with Crippen LogP contribution in [0.3, 0.4) is 0 Å². The molecule has 1 atom stereocenters. The van der Waals surface area contributed by atoms with Gasteiger partial charge in [-0.2, -0.15) is 26.3 Å². The number of alkyl halides is 6. The molecule has 12 heteroatoms. The third-order valence-corrected chi connectivity index (χ3v) is 4.03. The average Bonchev–Trinajstić information content (AvgIpc) is 2.46. The van der Waals surface area contributed by atoms with Crippen molar-refractivity contribution in [1.82, 2.24) is 10.2 Å². The molecule has 1 fully saturated rings. The molecule has 0 bridgehead atoms. The molecule has 1 aliphatic heterocycles. The fraction of sp³-hybridized carbons (Fsp3) is 0.571. The Morgan fingerprint density at radius 1 is 1.04 bits per heavy atom. The summed E-state index contributed by atoms with van der Waals surface area (Å²) >= 11 is 5.49. The van der Waals surface area contributed by atoms with Crippen LogP contribution >= 0.6 is 36.4 Å². The number of nitrogens with one attached hydrogen (secondary N) is 1. The molecule has 1 aliphatic rings. The number of piperazine rings is 1. The van der Waals surface area contributed by atoms with Crippen LogP contribution in [0.15, 0.2) is 12.1 Å². The zero-order chi connectivity index (χ0) is 18.1. The first kappa shape index (κ1) is 25.5. The van der Waals surface area contributed by atoms with Gasteiger partial charge in [0.1, 0.15) is 5.82 Å². The minimum absolute atomic E-state index is 0. The zero-order valence-electron chi connectivity index (χ0n) is 13.1. The average molecular weight is 452 g/mol. The predicted molar refractivity (Wildman–Crippen MR) is 88.8 cm³/mol. The first-order chi connectivity index (χ1) is 11.0. The Bertz CT molecular complexity index is 587. The van der Waals surface area contributed by atoms with Crippen LogP contribution in [0, 0.1) is 5.82 Å². The van der Waals surface area contributed by atoms with Gasteiger partial charge in [0.2, 0.25) is 0 Å². The van der Waals surface area contributed by atoms with Crippen molar-refractivity contribution in [3.63, 3.8) is 0 Å². The van der Waals surface area contributed by atoms with Gasteiger partial charge in [-0.05, 0) is 12.1 Å². The second-order valence-corrected chi connectivity index (χ2v) is 5.89. The zero-order valence-corrected chi connectivity index (χ0v) is 15.4. The Kier molecular flexibility index (Phi) is 9.46. The van der Waals surface area contributed by atoms with Gasteiger partial charge in [-0.15, -0.1) is 24.8 Å². The SMILES string of the molecule is Cl.Cl.Fc1c(Cl)cc(C(F)(F)F)cc1[C@@H](CC(F)(F)F)N1CCNCC1. The van der Waals surface area contributed by atoms with Gasteiger partial charge < -0.3 is 5.32 Å². The molecule has 0 amide bonds. The molecule has 0 aromatic heterocycles. The minimum atomic E-state index is -4.83. The lowest BCUT2D eigenvalue weighted by atomic mass is 9.97. The molecule has 2 rings (SSSR count). The van der Waals surface area contributed by atoms with Gasteiger partial charge in [0.25, 0.3) is 0 Å². The number of hydrogen-bond acceptors (Lipinski definition) is 2. The van der Waals surface area contributed by atoms with Gasteiger partial charge in [-0.3, -0.25) is 4.90 Å². The molecule has 1 aromatic carbocycles. The highest BCUT2D eigenvalue weighted by atomic mass is 35.5. The summed E-state index contributed by atoms with van der Waals surface area (Å²) in [6.45, 7) is 1.05. The molecule has 0 radical (unpaired) electrons. The van der Waals surface area contributed by atoms with Gasteiger partial charge in [0.05, 0.1) is 17.0 Å². The smallest absolute Gasteiger partial charge is 0.314 e. The maximum Gasteiger partial charge on any atom is 0.416 e. The highest BCUT2D eigenvalue weighted by Gasteiger charge is 2.39. The summed E-state index contributed by atoms with van der Waals surface area (Å²) in [7, 11) is 0. The van der Waals surface area contributed by atoms with Gasteiger partial charge in [0.15, 0.2) is 0 Å². The van der Waals surface area contributed by atoms with E-state index in [0.29, 0.717) is 25.2 Å². The third-order valence-electron chi connectivity index (χ3n) is 3.76. The van der Waals surface area contributed by atoms with Crippen molar-refractivity contribution < 1.29 is 30.7 Å². The highest BCUT2D eigenvalue weighted by Crippen LogP contribution is 2.40. The molecular weight excluding hydrogens is 436 g/mol. The molecule has 1 heterocycles. The monoisotopic (exact) mass is 450 g/mol. The normalized spacial score (nSPS) is 17.2. The molecule has 2 nitrogen and oxygen atoms in total. The van der Waals surface area contributed by atoms with E-state index in [-0.39, 0.29) is 37.9 Å². The summed E-state index contributed by atoms with van der Waals surface area (Å²) in [6, 6.07) is -0.769. The summed E-state index contributed by atoms with van der Waals surface area (Å²) < 4.78 is 91.6. The molecule has 1 saturated heterocycles. The second kappa shape index (κ2) is 9.64. The Morgan fingerprint density at radius 2 is 1.58 bits per heavy atom. The molecule has 0 aliphatic carbocycles. The number of halogens is 10. The summed E-state index contributed by atoms with van der Waals surface area (Å²) in [5.41, 5.74) is -1.96. The topological polar surface area (TPSA) is 15.3 Å². The highest BCUT2D eigenvalue weighted by molar-refractivity contribution is 6.30. The molecule has 1 N–H and O–H groups in total. The predicted octanol–water partition coefficient (Wildman–Crippen LogP) is 5.24. The summed E-state index contributed by atoms with van der Waals surface area (Å²) in [5.74, 6) is -1.25. The van der Waals surface area contributed by atoms with Crippen LogP contribution in [-0.4, -0.2) is 37.3 Å². The van der Waals surface area contributed by atoms with E-state index in [4.69, 9.17) is 11.6 Å². The second-order valence-electron chi connectivity index (χ2n) is 5.48. The van der Waals surface area contributed by atoms with Gasteiger partial charge in [-0.25, -0.2) is 4.39 Å². The van der Waals surface area contributed by atoms with E-state index in [9.17, 15) is 30.7 Å². The van der Waals surface area contributed by atoms with Crippen LogP contribution in [-0.2, 0) is 6.18 Å². The van der Waals surface area contributed by atoms with Crippen LogP contribution < -0.4 is 5.32 Å². The van der Waals surface area contributed by atoms with E-state index in [2.05, 4.69) is 5.32 Å². The Hall–Kier alpha value is -0.480. The summed E-state index contributed by atoms with van der Waals surface area (Å²) in [6.07, 6.45) is -11.0. The van der Waals surface area contributed by atoms with Crippen molar-refractivity contribution in [3.05, 3.63) is 34.1 Å². The van der Waals surface area contributed by atoms with E-state index < -0.39 is 46.8 Å². The molecule has 0 unspecified atom stereocenters. The van der Waals surface area contributed by atoms with Crippen molar-refractivity contribution in [2.24, 2.45) is 0 Å². The summed E-state index contributed by atoms with van der Waals surface area (Å²) in [5, 5.41) is 2.08. The van der Waals surface area contributed by atoms with Crippen LogP contribution in [0.4, 0.5) is 30.7 Å². The van der Waals surface area contributed by atoms with E-state index >= 15 is 0 Å². The lowest BCUT2D eigenvalue weighted by molar-refractivity contribution is -0.149. The molecule has 152 valence electrons. The van der Waals surface area contributed by atoms with Gasteiger partial charge in [-0.1, -0.05) is 11.6 Å². The minimum Gasteiger partial charge on any atom is -0.314 e. The van der Waals surface area contributed by atoms with Gasteiger partial charge >= 0.3 is 12.4 Å².